The highest BCUT2D eigenvalue weighted by molar-refractivity contribution is 4.97. The summed E-state index contributed by atoms with van der Waals surface area (Å²) in [6, 6.07) is 0. The fraction of sp³-hybridized carbons (Fsp3) is 1.00. The van der Waals surface area contributed by atoms with Crippen molar-refractivity contribution in [3.8, 4) is 0 Å². The molecule has 0 bridgehead atoms. The van der Waals surface area contributed by atoms with E-state index in [4.69, 9.17) is 0 Å². The second-order valence-corrected chi connectivity index (χ2v) is 4.74. The smallest absolute Gasteiger partial charge is 0.111 e. The van der Waals surface area contributed by atoms with Crippen LogP contribution >= 0.6 is 0 Å². The summed E-state index contributed by atoms with van der Waals surface area (Å²) in [6.45, 7) is 6.52. The first-order valence-electron chi connectivity index (χ1n) is 4.66. The molecule has 0 saturated heterocycles. The summed E-state index contributed by atoms with van der Waals surface area (Å²) in [7, 11) is 0. The Morgan fingerprint density at radius 1 is 1.36 bits per heavy atom. The minimum absolute atomic E-state index is 0.222. The summed E-state index contributed by atoms with van der Waals surface area (Å²) >= 11 is 0. The molecule has 0 nitrogen and oxygen atoms in total. The van der Waals surface area contributed by atoms with Gasteiger partial charge >= 0.3 is 0 Å². The van der Waals surface area contributed by atoms with E-state index in [1.165, 1.54) is 6.42 Å². The lowest BCUT2D eigenvalue weighted by molar-refractivity contribution is 0.178. The first-order valence-corrected chi connectivity index (χ1v) is 4.66. The molecule has 0 amide bonds. The lowest BCUT2D eigenvalue weighted by atomic mass is 9.82. The maximum atomic E-state index is 13.3. The van der Waals surface area contributed by atoms with E-state index < -0.39 is 5.67 Å². The first kappa shape index (κ1) is 9.02. The van der Waals surface area contributed by atoms with Crippen LogP contribution in [0.5, 0.6) is 0 Å². The van der Waals surface area contributed by atoms with E-state index >= 15 is 0 Å². The highest BCUT2D eigenvalue weighted by atomic mass is 19.1. The van der Waals surface area contributed by atoms with Crippen LogP contribution in [0.3, 0.4) is 0 Å². The Labute approximate surface area is 69.2 Å². The van der Waals surface area contributed by atoms with Gasteiger partial charge in [-0.05, 0) is 31.1 Å². The molecule has 0 atom stereocenters. The van der Waals surface area contributed by atoms with Gasteiger partial charge in [-0.25, -0.2) is 4.39 Å². The Hall–Kier alpha value is -0.0700. The van der Waals surface area contributed by atoms with E-state index in [-0.39, 0.29) is 5.41 Å². The van der Waals surface area contributed by atoms with Gasteiger partial charge in [-0.15, -0.1) is 0 Å². The SMILES string of the molecule is CCCC(C)(C)CC1(F)CC1. The molecule has 1 aliphatic rings. The molecule has 0 spiro atoms. The molecule has 1 rings (SSSR count). The Morgan fingerprint density at radius 2 is 1.91 bits per heavy atom. The van der Waals surface area contributed by atoms with Crippen molar-refractivity contribution in [3.05, 3.63) is 0 Å². The molecule has 11 heavy (non-hydrogen) atoms. The monoisotopic (exact) mass is 158 g/mol. The summed E-state index contributed by atoms with van der Waals surface area (Å²) in [5, 5.41) is 0. The van der Waals surface area contributed by atoms with Crippen LogP contribution in [0.4, 0.5) is 4.39 Å². The van der Waals surface area contributed by atoms with Crippen molar-refractivity contribution >= 4 is 0 Å². The minimum Gasteiger partial charge on any atom is -0.244 e. The highest BCUT2D eigenvalue weighted by Crippen LogP contribution is 2.49. The molecule has 1 fully saturated rings. The predicted octanol–water partition coefficient (Wildman–Crippen LogP) is 3.70. The summed E-state index contributed by atoms with van der Waals surface area (Å²) in [4.78, 5) is 0. The Bertz CT molecular complexity index is 134. The zero-order valence-electron chi connectivity index (χ0n) is 7.91. The third-order valence-electron chi connectivity index (χ3n) is 2.51. The van der Waals surface area contributed by atoms with E-state index in [2.05, 4.69) is 20.8 Å². The number of hydrogen-bond acceptors (Lipinski definition) is 0. The maximum Gasteiger partial charge on any atom is 0.111 e. The second kappa shape index (κ2) is 2.76. The van der Waals surface area contributed by atoms with Crippen LogP contribution in [0.2, 0.25) is 0 Å². The lowest BCUT2D eigenvalue weighted by Crippen LogP contribution is -2.18. The number of hydrogen-bond donors (Lipinski definition) is 0. The topological polar surface area (TPSA) is 0 Å². The Kier molecular flexibility index (Phi) is 2.27. The average molecular weight is 158 g/mol. The molecule has 0 aromatic rings. The molecule has 0 aliphatic heterocycles. The van der Waals surface area contributed by atoms with Gasteiger partial charge in [0.15, 0.2) is 0 Å². The normalized spacial score (nSPS) is 21.8. The van der Waals surface area contributed by atoms with E-state index in [9.17, 15) is 4.39 Å². The van der Waals surface area contributed by atoms with Gasteiger partial charge in [-0.3, -0.25) is 0 Å². The number of rotatable bonds is 4. The van der Waals surface area contributed by atoms with Crippen LogP contribution in [0, 0.1) is 5.41 Å². The van der Waals surface area contributed by atoms with Gasteiger partial charge in [0, 0.05) is 0 Å². The number of halogens is 1. The van der Waals surface area contributed by atoms with Crippen molar-refractivity contribution in [3.63, 3.8) is 0 Å². The molecule has 0 heterocycles. The summed E-state index contributed by atoms with van der Waals surface area (Å²) < 4.78 is 13.3. The quantitative estimate of drug-likeness (QED) is 0.585. The maximum absolute atomic E-state index is 13.3. The molecule has 0 aromatic heterocycles. The zero-order valence-corrected chi connectivity index (χ0v) is 7.91. The Morgan fingerprint density at radius 3 is 2.27 bits per heavy atom. The van der Waals surface area contributed by atoms with Gasteiger partial charge in [0.1, 0.15) is 5.67 Å². The van der Waals surface area contributed by atoms with Gasteiger partial charge in [0.25, 0.3) is 0 Å². The Balaban J connectivity index is 2.33. The van der Waals surface area contributed by atoms with E-state index in [0.29, 0.717) is 0 Å². The summed E-state index contributed by atoms with van der Waals surface area (Å²) in [6.07, 6.45) is 4.70. The molecule has 0 N–H and O–H groups in total. The molecule has 1 saturated carbocycles. The van der Waals surface area contributed by atoms with Crippen molar-refractivity contribution < 1.29 is 4.39 Å². The van der Waals surface area contributed by atoms with Gasteiger partial charge in [0.2, 0.25) is 0 Å². The fourth-order valence-electron chi connectivity index (χ4n) is 1.94. The largest absolute Gasteiger partial charge is 0.244 e. The summed E-state index contributed by atoms with van der Waals surface area (Å²) in [5.41, 5.74) is -0.543. The zero-order chi connectivity index (χ0) is 8.54. The van der Waals surface area contributed by atoms with Crippen LogP contribution in [-0.4, -0.2) is 5.67 Å². The van der Waals surface area contributed by atoms with E-state index in [1.54, 1.807) is 0 Å². The van der Waals surface area contributed by atoms with Gasteiger partial charge < -0.3 is 0 Å². The first-order chi connectivity index (χ1) is 4.97. The van der Waals surface area contributed by atoms with Crippen LogP contribution in [0.15, 0.2) is 0 Å². The standard InChI is InChI=1S/C10H19F/c1-4-5-9(2,3)8-10(11)6-7-10/h4-8H2,1-3H3. The van der Waals surface area contributed by atoms with E-state index in [1.807, 2.05) is 0 Å². The molecule has 0 radical (unpaired) electrons. The van der Waals surface area contributed by atoms with E-state index in [0.717, 1.165) is 25.7 Å². The van der Waals surface area contributed by atoms with Gasteiger partial charge in [-0.1, -0.05) is 27.2 Å². The van der Waals surface area contributed by atoms with Crippen molar-refractivity contribution in [1.29, 1.82) is 0 Å². The number of alkyl halides is 1. The van der Waals surface area contributed by atoms with Crippen LogP contribution in [0.1, 0.15) is 52.9 Å². The van der Waals surface area contributed by atoms with Crippen LogP contribution < -0.4 is 0 Å². The van der Waals surface area contributed by atoms with Crippen LogP contribution in [-0.2, 0) is 0 Å². The molecular formula is C10H19F. The average Bonchev–Trinajstić information content (AvgIpc) is 2.45. The third-order valence-corrected chi connectivity index (χ3v) is 2.51. The lowest BCUT2D eigenvalue weighted by Gasteiger charge is -2.25. The van der Waals surface area contributed by atoms with Crippen LogP contribution in [0.25, 0.3) is 0 Å². The van der Waals surface area contributed by atoms with Gasteiger partial charge in [-0.2, -0.15) is 0 Å². The van der Waals surface area contributed by atoms with Gasteiger partial charge in [0.05, 0.1) is 0 Å². The molecule has 1 heteroatoms. The molecule has 1 aliphatic carbocycles. The molecule has 0 aromatic carbocycles. The second-order valence-electron chi connectivity index (χ2n) is 4.74. The van der Waals surface area contributed by atoms with Crippen molar-refractivity contribution in [2.45, 2.75) is 58.5 Å². The third kappa shape index (κ3) is 2.80. The van der Waals surface area contributed by atoms with Crippen molar-refractivity contribution in [2.24, 2.45) is 5.41 Å². The van der Waals surface area contributed by atoms with Crippen molar-refractivity contribution in [1.82, 2.24) is 0 Å². The fourth-order valence-corrected chi connectivity index (χ4v) is 1.94. The minimum atomic E-state index is -0.765. The molecule has 0 unspecified atom stereocenters. The highest BCUT2D eigenvalue weighted by Gasteiger charge is 2.46. The summed E-state index contributed by atoms with van der Waals surface area (Å²) in [5.74, 6) is 0. The predicted molar refractivity (Wildman–Crippen MR) is 46.4 cm³/mol. The molecule has 66 valence electrons. The molecular weight excluding hydrogens is 139 g/mol. The van der Waals surface area contributed by atoms with Crippen molar-refractivity contribution in [2.75, 3.05) is 0 Å².